The Kier molecular flexibility index (Phi) is 4.73. The van der Waals surface area contributed by atoms with Gasteiger partial charge in [0.15, 0.2) is 5.78 Å². The van der Waals surface area contributed by atoms with Gasteiger partial charge in [0.25, 0.3) is 0 Å². The molecule has 0 fully saturated rings. The van der Waals surface area contributed by atoms with E-state index in [1.54, 1.807) is 6.20 Å². The summed E-state index contributed by atoms with van der Waals surface area (Å²) in [6, 6.07) is 7.92. The van der Waals surface area contributed by atoms with E-state index >= 15 is 0 Å². The second kappa shape index (κ2) is 7.32. The van der Waals surface area contributed by atoms with E-state index < -0.39 is 0 Å². The molecule has 3 heterocycles. The molecule has 4 aromatic rings. The Hall–Kier alpha value is -2.99. The van der Waals surface area contributed by atoms with Gasteiger partial charge in [-0.15, -0.1) is 11.3 Å². The van der Waals surface area contributed by atoms with Crippen LogP contribution in [0.5, 0.6) is 0 Å². The summed E-state index contributed by atoms with van der Waals surface area (Å²) in [7, 11) is 0. The summed E-state index contributed by atoms with van der Waals surface area (Å²) >= 11 is 1.52. The monoisotopic (exact) mass is 374 g/mol. The third kappa shape index (κ3) is 3.61. The number of fused-ring (bicyclic) bond motifs is 1. The van der Waals surface area contributed by atoms with Gasteiger partial charge < -0.3 is 0 Å². The first kappa shape index (κ1) is 17.4. The summed E-state index contributed by atoms with van der Waals surface area (Å²) in [5, 5.41) is 3.75. The van der Waals surface area contributed by atoms with Gasteiger partial charge in [0.2, 0.25) is 0 Å². The van der Waals surface area contributed by atoms with Crippen LogP contribution < -0.4 is 0 Å². The summed E-state index contributed by atoms with van der Waals surface area (Å²) in [5.74, 6) is 0.107. The van der Waals surface area contributed by atoms with Crippen LogP contribution in [0.15, 0.2) is 54.6 Å². The lowest BCUT2D eigenvalue weighted by atomic mass is 9.91. The fourth-order valence-corrected chi connectivity index (χ4v) is 3.89. The zero-order valence-corrected chi connectivity index (χ0v) is 15.9. The molecule has 0 saturated carbocycles. The molecule has 0 N–H and O–H groups in total. The van der Waals surface area contributed by atoms with Crippen molar-refractivity contribution in [3.8, 4) is 0 Å². The second-order valence-corrected chi connectivity index (χ2v) is 7.46. The van der Waals surface area contributed by atoms with E-state index in [1.165, 1.54) is 17.7 Å². The number of hydrogen-bond donors (Lipinski definition) is 0. The van der Waals surface area contributed by atoms with E-state index in [-0.39, 0.29) is 18.1 Å². The van der Waals surface area contributed by atoms with Crippen LogP contribution in [-0.4, -0.2) is 25.7 Å². The molecule has 0 aliphatic carbocycles. The molecular formula is C21H18N4OS. The van der Waals surface area contributed by atoms with Crippen molar-refractivity contribution in [2.24, 2.45) is 0 Å². The first-order chi connectivity index (χ1) is 13.1. The van der Waals surface area contributed by atoms with Gasteiger partial charge in [-0.2, -0.15) is 0 Å². The van der Waals surface area contributed by atoms with Crippen molar-refractivity contribution >= 4 is 28.0 Å². The van der Waals surface area contributed by atoms with E-state index in [0.29, 0.717) is 5.56 Å². The van der Waals surface area contributed by atoms with Crippen LogP contribution in [0.1, 0.15) is 45.0 Å². The molecule has 0 bridgehead atoms. The SMILES string of the molecule is Cc1csc(CC(=O)c2cc(C(C)c3cncnc3)cc3cccnc23)n1. The first-order valence-electron chi connectivity index (χ1n) is 8.69. The van der Waals surface area contributed by atoms with E-state index in [4.69, 9.17) is 0 Å². The molecule has 1 unspecified atom stereocenters. The molecule has 0 saturated heterocycles. The Balaban J connectivity index is 1.77. The number of hydrogen-bond acceptors (Lipinski definition) is 6. The van der Waals surface area contributed by atoms with E-state index in [0.717, 1.165) is 32.7 Å². The zero-order chi connectivity index (χ0) is 18.8. The number of pyridine rings is 1. The lowest BCUT2D eigenvalue weighted by Crippen LogP contribution is -2.07. The molecule has 4 rings (SSSR count). The Morgan fingerprint density at radius 2 is 2.00 bits per heavy atom. The van der Waals surface area contributed by atoms with E-state index in [1.807, 2.05) is 42.9 Å². The van der Waals surface area contributed by atoms with Crippen LogP contribution in [0.3, 0.4) is 0 Å². The van der Waals surface area contributed by atoms with Crippen molar-refractivity contribution in [1.29, 1.82) is 0 Å². The number of benzene rings is 1. The van der Waals surface area contributed by atoms with Crippen LogP contribution >= 0.6 is 11.3 Å². The molecule has 134 valence electrons. The van der Waals surface area contributed by atoms with Crippen LogP contribution in [0, 0.1) is 6.92 Å². The van der Waals surface area contributed by atoms with E-state index in [9.17, 15) is 4.79 Å². The number of Topliss-reactive ketones (excluding diaryl/α,β-unsaturated/α-hetero) is 1. The predicted octanol–water partition coefficient (Wildman–Crippen LogP) is 4.37. The molecule has 6 heteroatoms. The molecule has 27 heavy (non-hydrogen) atoms. The Labute approximate surface area is 161 Å². The second-order valence-electron chi connectivity index (χ2n) is 6.52. The molecule has 3 aromatic heterocycles. The van der Waals surface area contributed by atoms with Crippen molar-refractivity contribution in [1.82, 2.24) is 19.9 Å². The average molecular weight is 374 g/mol. The van der Waals surface area contributed by atoms with Gasteiger partial charge in [-0.05, 0) is 36.2 Å². The van der Waals surface area contributed by atoms with Gasteiger partial charge in [0, 0.05) is 46.5 Å². The van der Waals surface area contributed by atoms with Crippen molar-refractivity contribution in [2.75, 3.05) is 0 Å². The number of aryl methyl sites for hydroxylation is 1. The third-order valence-corrected chi connectivity index (χ3v) is 5.55. The van der Waals surface area contributed by atoms with Crippen molar-refractivity contribution < 1.29 is 4.79 Å². The largest absolute Gasteiger partial charge is 0.294 e. The van der Waals surface area contributed by atoms with Crippen molar-refractivity contribution in [2.45, 2.75) is 26.2 Å². The first-order valence-corrected chi connectivity index (χ1v) is 9.57. The molecule has 0 radical (unpaired) electrons. The quantitative estimate of drug-likeness (QED) is 0.485. The number of carbonyl (C=O) groups excluding carboxylic acids is 1. The summed E-state index contributed by atoms with van der Waals surface area (Å²) in [6.07, 6.45) is 7.15. The minimum absolute atomic E-state index is 0.0337. The standard InChI is InChI=1S/C21H18N4OS/c1-13-11-27-20(25-13)8-19(26)18-7-16(6-15-4-3-5-24-21(15)18)14(2)17-9-22-12-23-10-17/h3-7,9-12,14H,8H2,1-2H3. The number of rotatable bonds is 5. The molecule has 0 spiro atoms. The number of ketones is 1. The highest BCUT2D eigenvalue weighted by molar-refractivity contribution is 7.09. The highest BCUT2D eigenvalue weighted by Gasteiger charge is 2.18. The summed E-state index contributed by atoms with van der Waals surface area (Å²) < 4.78 is 0. The molecule has 1 aromatic carbocycles. The molecule has 0 amide bonds. The van der Waals surface area contributed by atoms with Gasteiger partial charge >= 0.3 is 0 Å². The smallest absolute Gasteiger partial charge is 0.171 e. The molecule has 0 aliphatic rings. The lowest BCUT2D eigenvalue weighted by Gasteiger charge is -2.14. The van der Waals surface area contributed by atoms with Crippen LogP contribution in [-0.2, 0) is 6.42 Å². The topological polar surface area (TPSA) is 68.6 Å². The molecule has 1 atom stereocenters. The highest BCUT2D eigenvalue weighted by atomic mass is 32.1. The third-order valence-electron chi connectivity index (χ3n) is 4.59. The Bertz CT molecular complexity index is 1110. The van der Waals surface area contributed by atoms with Gasteiger partial charge in [0.05, 0.1) is 11.9 Å². The van der Waals surface area contributed by atoms with Gasteiger partial charge in [-0.1, -0.05) is 13.0 Å². The number of carbonyl (C=O) groups is 1. The van der Waals surface area contributed by atoms with Gasteiger partial charge in [-0.3, -0.25) is 9.78 Å². The Morgan fingerprint density at radius 1 is 1.19 bits per heavy atom. The fraction of sp³-hybridized carbons (Fsp3) is 0.190. The summed E-state index contributed by atoms with van der Waals surface area (Å²) in [5.41, 5.74) is 4.37. The van der Waals surface area contributed by atoms with Crippen molar-refractivity contribution in [3.63, 3.8) is 0 Å². The normalized spacial score (nSPS) is 12.2. The number of nitrogens with zero attached hydrogens (tertiary/aromatic N) is 4. The van der Waals surface area contributed by atoms with Crippen LogP contribution in [0.4, 0.5) is 0 Å². The zero-order valence-electron chi connectivity index (χ0n) is 15.1. The van der Waals surface area contributed by atoms with E-state index in [2.05, 4.69) is 32.9 Å². The van der Waals surface area contributed by atoms with Gasteiger partial charge in [0.1, 0.15) is 11.3 Å². The number of thiazole rings is 1. The molecular weight excluding hydrogens is 356 g/mol. The van der Waals surface area contributed by atoms with Crippen molar-refractivity contribution in [3.05, 3.63) is 82.0 Å². The maximum Gasteiger partial charge on any atom is 0.171 e. The minimum atomic E-state index is 0.0337. The number of aromatic nitrogens is 4. The Morgan fingerprint density at radius 3 is 2.74 bits per heavy atom. The molecule has 5 nitrogen and oxygen atoms in total. The van der Waals surface area contributed by atoms with Crippen LogP contribution in [0.25, 0.3) is 10.9 Å². The van der Waals surface area contributed by atoms with Crippen LogP contribution in [0.2, 0.25) is 0 Å². The lowest BCUT2D eigenvalue weighted by molar-refractivity contribution is 0.0994. The fourth-order valence-electron chi connectivity index (χ4n) is 3.12. The summed E-state index contributed by atoms with van der Waals surface area (Å²) in [6.45, 7) is 4.03. The van der Waals surface area contributed by atoms with Gasteiger partial charge in [-0.25, -0.2) is 15.0 Å². The summed E-state index contributed by atoms with van der Waals surface area (Å²) in [4.78, 5) is 30.2. The molecule has 0 aliphatic heterocycles. The maximum absolute atomic E-state index is 13.1. The minimum Gasteiger partial charge on any atom is -0.294 e. The predicted molar refractivity (Wildman–Crippen MR) is 106 cm³/mol. The highest BCUT2D eigenvalue weighted by Crippen LogP contribution is 2.29. The average Bonchev–Trinajstić information content (AvgIpc) is 3.11. The maximum atomic E-state index is 13.1.